The number of carboxylic acid groups (broad SMARTS) is 1. The fourth-order valence-corrected chi connectivity index (χ4v) is 0.135. The maximum atomic E-state index is 9.87. The lowest BCUT2D eigenvalue weighted by Crippen LogP contribution is -1.92. The minimum Gasteiger partial charge on any atom is -0.478 e. The number of aliphatic carboxylic acids is 1. The van der Waals surface area contributed by atoms with E-state index in [0.717, 1.165) is 12.5 Å². The summed E-state index contributed by atoms with van der Waals surface area (Å²) >= 11 is 0. The Balaban J connectivity index is 0. The summed E-state index contributed by atoms with van der Waals surface area (Å²) in [5, 5.41) is 7.89. The Morgan fingerprint density at radius 1 is 1.46 bits per heavy atom. The number of hydrogen-bond acceptors (Lipinski definition) is 4. The minimum absolute atomic E-state index is 0.176. The van der Waals surface area contributed by atoms with E-state index >= 15 is 0 Å². The van der Waals surface area contributed by atoms with Gasteiger partial charge in [0.2, 0.25) is 0 Å². The fraction of sp³-hybridized carbons (Fsp3) is 0.250. The number of carbonyl (C=O) groups excluding carboxylic acids is 1. The Morgan fingerprint density at radius 2 is 1.85 bits per heavy atom. The first-order valence-electron chi connectivity index (χ1n) is 3.34. The molecular weight excluding hydrogens is 174 g/mol. The van der Waals surface area contributed by atoms with Crippen molar-refractivity contribution in [3.05, 3.63) is 24.6 Å². The van der Waals surface area contributed by atoms with Crippen LogP contribution >= 0.6 is 0 Å². The van der Waals surface area contributed by atoms with Crippen LogP contribution in [0.2, 0.25) is 0 Å². The lowest BCUT2D eigenvalue weighted by Gasteiger charge is -1.85. The molecule has 0 amide bonds. The topological polar surface area (TPSA) is 89.6 Å². The first-order chi connectivity index (χ1) is 5.91. The van der Waals surface area contributed by atoms with Gasteiger partial charge in [-0.3, -0.25) is 4.79 Å². The Labute approximate surface area is 76.5 Å². The van der Waals surface area contributed by atoms with Crippen molar-refractivity contribution in [1.29, 1.82) is 0 Å². The van der Waals surface area contributed by atoms with Crippen molar-refractivity contribution in [2.45, 2.75) is 13.8 Å². The summed E-state index contributed by atoms with van der Waals surface area (Å²) in [6.45, 7) is 5.91. The van der Waals surface area contributed by atoms with E-state index in [4.69, 9.17) is 10.8 Å². The molecule has 0 bridgehead atoms. The quantitative estimate of drug-likeness (QED) is 0.376. The van der Waals surface area contributed by atoms with Crippen LogP contribution in [0.25, 0.3) is 0 Å². The summed E-state index contributed by atoms with van der Waals surface area (Å²) in [5.74, 6) is -1.29. The lowest BCUT2D eigenvalue weighted by molar-refractivity contribution is -0.135. The molecule has 0 radical (unpaired) electrons. The van der Waals surface area contributed by atoms with E-state index in [1.54, 1.807) is 0 Å². The zero-order chi connectivity index (χ0) is 10.9. The average molecular weight is 187 g/mol. The van der Waals surface area contributed by atoms with Crippen LogP contribution in [0, 0.1) is 0 Å². The third-order valence-electron chi connectivity index (χ3n) is 0.678. The van der Waals surface area contributed by atoms with E-state index < -0.39 is 5.97 Å². The molecule has 0 aliphatic rings. The van der Waals surface area contributed by atoms with E-state index in [-0.39, 0.29) is 11.5 Å². The van der Waals surface area contributed by atoms with Crippen molar-refractivity contribution in [3.8, 4) is 0 Å². The van der Waals surface area contributed by atoms with Gasteiger partial charge in [-0.1, -0.05) is 6.58 Å². The number of hydrogen-bond donors (Lipinski definition) is 2. The van der Waals surface area contributed by atoms with E-state index in [1.807, 2.05) is 0 Å². The molecule has 0 aromatic carbocycles. The van der Waals surface area contributed by atoms with Crippen molar-refractivity contribution < 1.29 is 19.4 Å². The van der Waals surface area contributed by atoms with Gasteiger partial charge in [-0.15, -0.1) is 0 Å². The van der Waals surface area contributed by atoms with Crippen LogP contribution in [0.15, 0.2) is 24.6 Å². The molecule has 0 aliphatic heterocycles. The standard InChI is InChI=1S/C4H7NO2.C4H6O2/c1-4(6)7-3-2-5;1-3(2)4(5)6/h2-3H,5H2,1H3;1H2,2H3,(H,5,6). The summed E-state index contributed by atoms with van der Waals surface area (Å²) in [6, 6.07) is 0. The van der Waals surface area contributed by atoms with Crippen LogP contribution in [0.4, 0.5) is 0 Å². The van der Waals surface area contributed by atoms with Gasteiger partial charge in [0.25, 0.3) is 0 Å². The smallest absolute Gasteiger partial charge is 0.330 e. The van der Waals surface area contributed by atoms with Gasteiger partial charge in [-0.25, -0.2) is 4.79 Å². The van der Waals surface area contributed by atoms with Crippen molar-refractivity contribution in [1.82, 2.24) is 0 Å². The molecule has 0 unspecified atom stereocenters. The van der Waals surface area contributed by atoms with Gasteiger partial charge < -0.3 is 15.6 Å². The van der Waals surface area contributed by atoms with Crippen molar-refractivity contribution in [2.24, 2.45) is 5.73 Å². The van der Waals surface area contributed by atoms with E-state index in [9.17, 15) is 9.59 Å². The second-order valence-corrected chi connectivity index (χ2v) is 2.02. The number of nitrogens with two attached hydrogens (primary N) is 1. The second-order valence-electron chi connectivity index (χ2n) is 2.02. The highest BCUT2D eigenvalue weighted by Gasteiger charge is 1.90. The maximum Gasteiger partial charge on any atom is 0.330 e. The minimum atomic E-state index is -0.935. The van der Waals surface area contributed by atoms with Crippen LogP contribution in [-0.4, -0.2) is 17.0 Å². The van der Waals surface area contributed by atoms with Gasteiger partial charge >= 0.3 is 11.9 Å². The van der Waals surface area contributed by atoms with Crippen LogP contribution in [0.1, 0.15) is 13.8 Å². The molecule has 5 nitrogen and oxygen atoms in total. The van der Waals surface area contributed by atoms with Gasteiger partial charge in [0.15, 0.2) is 0 Å². The molecule has 3 N–H and O–H groups in total. The fourth-order valence-electron chi connectivity index (χ4n) is 0.135. The van der Waals surface area contributed by atoms with Crippen molar-refractivity contribution in [2.75, 3.05) is 0 Å². The van der Waals surface area contributed by atoms with Crippen LogP contribution in [0.3, 0.4) is 0 Å². The monoisotopic (exact) mass is 187 g/mol. The molecule has 0 fully saturated rings. The molecule has 0 saturated carbocycles. The largest absolute Gasteiger partial charge is 0.478 e. The summed E-state index contributed by atoms with van der Waals surface area (Å²) in [4.78, 5) is 19.5. The highest BCUT2D eigenvalue weighted by atomic mass is 16.5. The SMILES string of the molecule is C=C(C)C(=O)O.CC(=O)OC=CN. The molecule has 74 valence electrons. The van der Waals surface area contributed by atoms with Gasteiger partial charge in [-0.2, -0.15) is 0 Å². The molecule has 0 aromatic rings. The normalized spacial score (nSPS) is 8.46. The highest BCUT2D eigenvalue weighted by molar-refractivity contribution is 5.84. The Bertz CT molecular complexity index is 208. The number of esters is 1. The molecule has 5 heteroatoms. The van der Waals surface area contributed by atoms with E-state index in [1.165, 1.54) is 13.8 Å². The third kappa shape index (κ3) is 17.8. The predicted molar refractivity (Wildman–Crippen MR) is 47.5 cm³/mol. The number of carbonyl (C=O) groups is 2. The maximum absolute atomic E-state index is 9.87. The van der Waals surface area contributed by atoms with Crippen molar-refractivity contribution >= 4 is 11.9 Å². The zero-order valence-electron chi connectivity index (χ0n) is 7.61. The summed E-state index contributed by atoms with van der Waals surface area (Å²) in [6.07, 6.45) is 2.28. The van der Waals surface area contributed by atoms with Crippen molar-refractivity contribution in [3.63, 3.8) is 0 Å². The highest BCUT2D eigenvalue weighted by Crippen LogP contribution is 1.81. The molecule has 13 heavy (non-hydrogen) atoms. The van der Waals surface area contributed by atoms with E-state index in [2.05, 4.69) is 11.3 Å². The molecular formula is C8H13NO4. The first kappa shape index (κ1) is 13.8. The Kier molecular flexibility index (Phi) is 8.82. The first-order valence-corrected chi connectivity index (χ1v) is 3.34. The predicted octanol–water partition coefficient (Wildman–Crippen LogP) is 0.627. The number of carboxylic acids is 1. The lowest BCUT2D eigenvalue weighted by atomic mass is 10.4. The van der Waals surface area contributed by atoms with Gasteiger partial charge in [0.05, 0.1) is 0 Å². The molecule has 0 atom stereocenters. The molecule has 0 spiro atoms. The van der Waals surface area contributed by atoms with Gasteiger partial charge in [-0.05, 0) is 6.92 Å². The molecule has 0 saturated heterocycles. The molecule has 0 aliphatic carbocycles. The van der Waals surface area contributed by atoms with Gasteiger partial charge in [0, 0.05) is 18.7 Å². The van der Waals surface area contributed by atoms with Crippen LogP contribution < -0.4 is 5.73 Å². The number of ether oxygens (including phenoxy) is 1. The molecule has 0 aromatic heterocycles. The van der Waals surface area contributed by atoms with Gasteiger partial charge in [0.1, 0.15) is 6.26 Å². The second kappa shape index (κ2) is 8.32. The van der Waals surface area contributed by atoms with Crippen LogP contribution in [0.5, 0.6) is 0 Å². The molecule has 0 rings (SSSR count). The zero-order valence-corrected chi connectivity index (χ0v) is 7.61. The summed E-state index contributed by atoms with van der Waals surface area (Å²) in [5.41, 5.74) is 4.99. The Hall–Kier alpha value is -1.78. The summed E-state index contributed by atoms with van der Waals surface area (Å²) < 4.78 is 4.25. The average Bonchev–Trinajstić information content (AvgIpc) is 2.01. The van der Waals surface area contributed by atoms with Crippen LogP contribution in [-0.2, 0) is 14.3 Å². The summed E-state index contributed by atoms with van der Waals surface area (Å²) in [7, 11) is 0. The number of rotatable bonds is 2. The Morgan fingerprint density at radius 3 is 1.92 bits per heavy atom. The third-order valence-corrected chi connectivity index (χ3v) is 0.678. The van der Waals surface area contributed by atoms with E-state index in [0.29, 0.717) is 0 Å². The molecule has 0 heterocycles.